The van der Waals surface area contributed by atoms with Gasteiger partial charge in [-0.05, 0) is 29.3 Å². The number of aromatic nitrogens is 1. The summed E-state index contributed by atoms with van der Waals surface area (Å²) in [5.41, 5.74) is 4.01. The van der Waals surface area contributed by atoms with Gasteiger partial charge in [0.15, 0.2) is 0 Å². The summed E-state index contributed by atoms with van der Waals surface area (Å²) >= 11 is 0. The normalized spacial score (nSPS) is 10.7. The highest BCUT2D eigenvalue weighted by Crippen LogP contribution is 2.22. The first-order valence-electron chi connectivity index (χ1n) is 6.11. The Morgan fingerprint density at radius 3 is 2.58 bits per heavy atom. The third-order valence-electron chi connectivity index (χ3n) is 3.11. The average molecular weight is 251 g/mol. The van der Waals surface area contributed by atoms with E-state index < -0.39 is 5.97 Å². The van der Waals surface area contributed by atoms with E-state index in [-0.39, 0.29) is 6.42 Å². The van der Waals surface area contributed by atoms with E-state index in [1.165, 1.54) is 0 Å². The molecule has 3 nitrogen and oxygen atoms in total. The lowest BCUT2D eigenvalue weighted by atomic mass is 10.1. The van der Waals surface area contributed by atoms with Gasteiger partial charge in [0, 0.05) is 11.7 Å². The molecule has 0 amide bonds. The Kier molecular flexibility index (Phi) is 2.80. The maximum atomic E-state index is 10.8. The minimum atomic E-state index is -0.808. The topological polar surface area (TPSA) is 41.7 Å². The third kappa shape index (κ3) is 2.22. The molecule has 0 aliphatic rings. The molecule has 0 saturated heterocycles. The van der Waals surface area contributed by atoms with Gasteiger partial charge in [0.2, 0.25) is 0 Å². The summed E-state index contributed by atoms with van der Waals surface area (Å²) in [4.78, 5) is 10.8. The van der Waals surface area contributed by atoms with Crippen LogP contribution in [0.25, 0.3) is 16.8 Å². The van der Waals surface area contributed by atoms with E-state index in [0.717, 1.165) is 22.3 Å². The Morgan fingerprint density at radius 2 is 1.84 bits per heavy atom. The molecule has 0 atom stereocenters. The number of pyridine rings is 1. The number of fused-ring (bicyclic) bond motifs is 1. The molecule has 0 fully saturated rings. The number of carbonyl (C=O) groups is 1. The fraction of sp³-hybridized carbons (Fsp3) is 0.0625. The lowest BCUT2D eigenvalue weighted by Crippen LogP contribution is -1.98. The lowest BCUT2D eigenvalue weighted by Gasteiger charge is -2.05. The van der Waals surface area contributed by atoms with Crippen LogP contribution in [-0.4, -0.2) is 15.5 Å². The maximum Gasteiger partial charge on any atom is 0.307 e. The molecule has 0 spiro atoms. The van der Waals surface area contributed by atoms with E-state index in [4.69, 9.17) is 5.11 Å². The van der Waals surface area contributed by atoms with Crippen molar-refractivity contribution in [2.45, 2.75) is 6.42 Å². The van der Waals surface area contributed by atoms with E-state index in [2.05, 4.69) is 0 Å². The quantitative estimate of drug-likeness (QED) is 0.776. The Bertz CT molecular complexity index is 729. The molecule has 0 unspecified atom stereocenters. The van der Waals surface area contributed by atoms with Crippen LogP contribution < -0.4 is 0 Å². The number of hydrogen-bond donors (Lipinski definition) is 1. The van der Waals surface area contributed by atoms with E-state index >= 15 is 0 Å². The number of hydrogen-bond acceptors (Lipinski definition) is 1. The Balaban J connectivity index is 2.15. The summed E-state index contributed by atoms with van der Waals surface area (Å²) < 4.78 is 2.04. The smallest absolute Gasteiger partial charge is 0.307 e. The van der Waals surface area contributed by atoms with Gasteiger partial charge in [-0.15, -0.1) is 0 Å². The van der Waals surface area contributed by atoms with Gasteiger partial charge < -0.3 is 9.51 Å². The minimum Gasteiger partial charge on any atom is -0.481 e. The molecule has 0 aliphatic heterocycles. The molecule has 0 aliphatic carbocycles. The van der Waals surface area contributed by atoms with Crippen LogP contribution in [0.4, 0.5) is 0 Å². The number of carboxylic acids is 1. The molecule has 2 heterocycles. The molecule has 3 aromatic rings. The van der Waals surface area contributed by atoms with Crippen LogP contribution in [0, 0.1) is 0 Å². The van der Waals surface area contributed by atoms with E-state index in [1.807, 2.05) is 65.2 Å². The van der Waals surface area contributed by atoms with Gasteiger partial charge in [-0.25, -0.2) is 0 Å². The van der Waals surface area contributed by atoms with Gasteiger partial charge >= 0.3 is 5.97 Å². The summed E-state index contributed by atoms with van der Waals surface area (Å²) in [5.74, 6) is -0.808. The first-order chi connectivity index (χ1) is 9.24. The van der Waals surface area contributed by atoms with Crippen molar-refractivity contribution in [3.63, 3.8) is 0 Å². The number of aliphatic carboxylic acids is 1. The zero-order valence-corrected chi connectivity index (χ0v) is 10.3. The first-order valence-corrected chi connectivity index (χ1v) is 6.11. The Morgan fingerprint density at radius 1 is 1.05 bits per heavy atom. The predicted octanol–water partition coefficient (Wildman–Crippen LogP) is 3.23. The molecule has 2 aromatic heterocycles. The van der Waals surface area contributed by atoms with Crippen molar-refractivity contribution in [1.82, 2.24) is 4.40 Å². The molecule has 0 bridgehead atoms. The fourth-order valence-corrected chi connectivity index (χ4v) is 2.31. The molecule has 0 saturated carbocycles. The van der Waals surface area contributed by atoms with Crippen LogP contribution in [0.15, 0.2) is 60.8 Å². The van der Waals surface area contributed by atoms with Crippen LogP contribution in [0.2, 0.25) is 0 Å². The van der Waals surface area contributed by atoms with Crippen molar-refractivity contribution >= 4 is 11.5 Å². The monoisotopic (exact) mass is 251 g/mol. The van der Waals surface area contributed by atoms with Gasteiger partial charge in [-0.2, -0.15) is 0 Å². The van der Waals surface area contributed by atoms with Gasteiger partial charge in [0.1, 0.15) is 0 Å². The molecule has 94 valence electrons. The zero-order valence-electron chi connectivity index (χ0n) is 10.3. The largest absolute Gasteiger partial charge is 0.481 e. The van der Waals surface area contributed by atoms with Crippen LogP contribution in [0.1, 0.15) is 5.56 Å². The molecule has 3 heteroatoms. The Hall–Kier alpha value is -2.55. The number of nitrogens with zero attached hydrogens (tertiary/aromatic N) is 1. The average Bonchev–Trinajstić information content (AvgIpc) is 2.80. The predicted molar refractivity (Wildman–Crippen MR) is 74.2 cm³/mol. The van der Waals surface area contributed by atoms with Crippen LogP contribution >= 0.6 is 0 Å². The van der Waals surface area contributed by atoms with E-state index in [1.54, 1.807) is 0 Å². The summed E-state index contributed by atoms with van der Waals surface area (Å²) in [5, 5.41) is 8.87. The lowest BCUT2D eigenvalue weighted by molar-refractivity contribution is -0.136. The minimum absolute atomic E-state index is 0.0515. The fourth-order valence-electron chi connectivity index (χ4n) is 2.31. The van der Waals surface area contributed by atoms with Gasteiger partial charge in [0.05, 0.1) is 12.1 Å². The van der Waals surface area contributed by atoms with E-state index in [9.17, 15) is 4.79 Å². The number of rotatable bonds is 3. The van der Waals surface area contributed by atoms with Crippen molar-refractivity contribution in [1.29, 1.82) is 0 Å². The highest BCUT2D eigenvalue weighted by Gasteiger charge is 2.07. The van der Waals surface area contributed by atoms with Crippen LogP contribution in [-0.2, 0) is 11.2 Å². The maximum absolute atomic E-state index is 10.8. The zero-order chi connectivity index (χ0) is 13.2. The summed E-state index contributed by atoms with van der Waals surface area (Å²) in [7, 11) is 0. The summed E-state index contributed by atoms with van der Waals surface area (Å²) in [6, 6.07) is 18.0. The highest BCUT2D eigenvalue weighted by molar-refractivity contribution is 5.72. The second-order valence-electron chi connectivity index (χ2n) is 4.49. The summed E-state index contributed by atoms with van der Waals surface area (Å²) in [6.45, 7) is 0. The molecule has 0 radical (unpaired) electrons. The van der Waals surface area contributed by atoms with Crippen molar-refractivity contribution in [3.05, 3.63) is 66.4 Å². The molecule has 3 rings (SSSR count). The third-order valence-corrected chi connectivity index (χ3v) is 3.11. The van der Waals surface area contributed by atoms with Crippen LogP contribution in [0.5, 0.6) is 0 Å². The molecule has 1 N–H and O–H groups in total. The van der Waals surface area contributed by atoms with Crippen molar-refractivity contribution < 1.29 is 9.90 Å². The van der Waals surface area contributed by atoms with Crippen molar-refractivity contribution in [2.24, 2.45) is 0 Å². The van der Waals surface area contributed by atoms with Gasteiger partial charge in [-0.1, -0.05) is 36.4 Å². The standard InChI is InChI=1S/C16H13NO2/c18-16(19)10-12-9-14-7-4-8-15(17(14)11-12)13-5-2-1-3-6-13/h1-9,11H,10H2,(H,18,19). The molecular weight excluding hydrogens is 238 g/mol. The van der Waals surface area contributed by atoms with Gasteiger partial charge in [0.25, 0.3) is 0 Å². The molecular formula is C16H13NO2. The number of benzene rings is 1. The SMILES string of the molecule is O=C(O)Cc1cc2cccc(-c3ccccc3)n2c1. The van der Waals surface area contributed by atoms with Crippen molar-refractivity contribution in [3.8, 4) is 11.3 Å². The molecule has 1 aromatic carbocycles. The second-order valence-corrected chi connectivity index (χ2v) is 4.49. The number of carboxylic acid groups (broad SMARTS) is 1. The Labute approximate surface area is 110 Å². The van der Waals surface area contributed by atoms with E-state index in [0.29, 0.717) is 0 Å². The van der Waals surface area contributed by atoms with Crippen LogP contribution in [0.3, 0.4) is 0 Å². The highest BCUT2D eigenvalue weighted by atomic mass is 16.4. The van der Waals surface area contributed by atoms with Gasteiger partial charge in [-0.3, -0.25) is 4.79 Å². The van der Waals surface area contributed by atoms with Crippen molar-refractivity contribution in [2.75, 3.05) is 0 Å². The summed E-state index contributed by atoms with van der Waals surface area (Å²) in [6.07, 6.45) is 1.95. The second kappa shape index (κ2) is 4.61. The first kappa shape index (κ1) is 11.5. The molecule has 19 heavy (non-hydrogen) atoms.